The molecular weight excluding hydrogens is 260 g/mol. The van der Waals surface area contributed by atoms with Crippen LogP contribution in [0.3, 0.4) is 0 Å². The van der Waals surface area contributed by atoms with Gasteiger partial charge in [-0.05, 0) is 43.5 Å². The summed E-state index contributed by atoms with van der Waals surface area (Å²) in [7, 11) is 0. The average Bonchev–Trinajstić information content (AvgIpc) is 3.31. The molecule has 0 bridgehead atoms. The minimum Gasteiger partial charge on any atom is -0.384 e. The van der Waals surface area contributed by atoms with Crippen LogP contribution < -0.4 is 5.73 Å². The molecule has 1 aliphatic carbocycles. The standard InChI is InChI=1S/C17H16N4/c1-10-6-12(15-8-17(18)20-9-19-15)7-16-13(10)4-5-14(21-16)11-2-3-11/h4-9,11H,2-3H2,1H3,(H2,18,19,20). The Morgan fingerprint density at radius 3 is 2.71 bits per heavy atom. The lowest BCUT2D eigenvalue weighted by atomic mass is 10.0. The largest absolute Gasteiger partial charge is 0.384 e. The molecule has 1 aromatic carbocycles. The van der Waals surface area contributed by atoms with Crippen molar-refractivity contribution in [3.8, 4) is 11.3 Å². The number of anilines is 1. The van der Waals surface area contributed by atoms with Crippen LogP contribution in [0.1, 0.15) is 30.0 Å². The highest BCUT2D eigenvalue weighted by molar-refractivity contribution is 5.87. The number of nitrogens with zero attached hydrogens (tertiary/aromatic N) is 3. The van der Waals surface area contributed by atoms with Crippen LogP contribution in [0.5, 0.6) is 0 Å². The van der Waals surface area contributed by atoms with Gasteiger partial charge in [0, 0.05) is 28.6 Å². The summed E-state index contributed by atoms with van der Waals surface area (Å²) in [5.74, 6) is 1.14. The number of aromatic nitrogens is 3. The zero-order valence-electron chi connectivity index (χ0n) is 11.9. The smallest absolute Gasteiger partial charge is 0.127 e. The van der Waals surface area contributed by atoms with Crippen molar-refractivity contribution in [2.24, 2.45) is 0 Å². The van der Waals surface area contributed by atoms with E-state index in [1.165, 1.54) is 35.8 Å². The Hall–Kier alpha value is -2.49. The van der Waals surface area contributed by atoms with Crippen molar-refractivity contribution in [3.05, 3.63) is 47.9 Å². The number of aryl methyl sites for hydroxylation is 1. The van der Waals surface area contributed by atoms with Crippen molar-refractivity contribution in [2.75, 3.05) is 5.73 Å². The van der Waals surface area contributed by atoms with E-state index >= 15 is 0 Å². The Morgan fingerprint density at radius 2 is 1.95 bits per heavy atom. The molecule has 0 radical (unpaired) electrons. The van der Waals surface area contributed by atoms with E-state index in [2.05, 4.69) is 41.2 Å². The van der Waals surface area contributed by atoms with E-state index in [0.29, 0.717) is 11.7 Å². The zero-order chi connectivity index (χ0) is 14.4. The number of nitrogen functional groups attached to an aromatic ring is 1. The molecule has 3 aromatic rings. The molecule has 0 atom stereocenters. The quantitative estimate of drug-likeness (QED) is 0.778. The van der Waals surface area contributed by atoms with Crippen LogP contribution in [0, 0.1) is 6.92 Å². The number of rotatable bonds is 2. The number of hydrogen-bond acceptors (Lipinski definition) is 4. The lowest BCUT2D eigenvalue weighted by molar-refractivity contribution is 1.04. The first-order chi connectivity index (χ1) is 10.2. The van der Waals surface area contributed by atoms with E-state index in [0.717, 1.165) is 16.8 Å². The summed E-state index contributed by atoms with van der Waals surface area (Å²) in [5, 5.41) is 1.20. The molecule has 2 heterocycles. The van der Waals surface area contributed by atoms with Gasteiger partial charge >= 0.3 is 0 Å². The summed E-state index contributed by atoms with van der Waals surface area (Å²) in [6.45, 7) is 2.11. The number of pyridine rings is 1. The van der Waals surface area contributed by atoms with E-state index < -0.39 is 0 Å². The van der Waals surface area contributed by atoms with E-state index in [1.54, 1.807) is 6.07 Å². The van der Waals surface area contributed by atoms with Crippen molar-refractivity contribution >= 4 is 16.7 Å². The summed E-state index contributed by atoms with van der Waals surface area (Å²) in [4.78, 5) is 13.1. The maximum Gasteiger partial charge on any atom is 0.127 e. The summed E-state index contributed by atoms with van der Waals surface area (Å²) < 4.78 is 0. The first-order valence-corrected chi connectivity index (χ1v) is 7.20. The molecule has 4 rings (SSSR count). The predicted molar refractivity (Wildman–Crippen MR) is 83.9 cm³/mol. The number of benzene rings is 1. The van der Waals surface area contributed by atoms with Crippen molar-refractivity contribution in [2.45, 2.75) is 25.7 Å². The fourth-order valence-corrected chi connectivity index (χ4v) is 2.72. The molecule has 104 valence electrons. The second-order valence-corrected chi connectivity index (χ2v) is 5.70. The predicted octanol–water partition coefficient (Wildman–Crippen LogP) is 3.46. The minimum atomic E-state index is 0.484. The monoisotopic (exact) mass is 276 g/mol. The molecule has 0 amide bonds. The van der Waals surface area contributed by atoms with Crippen LogP contribution in [0.4, 0.5) is 5.82 Å². The SMILES string of the molecule is Cc1cc(-c2cc(N)ncn2)cc2nc(C3CC3)ccc12. The Balaban J connectivity index is 1.90. The van der Waals surface area contributed by atoms with Gasteiger partial charge in [-0.3, -0.25) is 4.98 Å². The molecule has 2 aromatic heterocycles. The molecule has 0 saturated heterocycles. The molecule has 1 fully saturated rings. The van der Waals surface area contributed by atoms with Crippen LogP contribution in [0.2, 0.25) is 0 Å². The van der Waals surface area contributed by atoms with Crippen molar-refractivity contribution in [1.29, 1.82) is 0 Å². The Morgan fingerprint density at radius 1 is 1.10 bits per heavy atom. The van der Waals surface area contributed by atoms with Crippen LogP contribution >= 0.6 is 0 Å². The highest BCUT2D eigenvalue weighted by Gasteiger charge is 2.25. The summed E-state index contributed by atoms with van der Waals surface area (Å²) in [6, 6.07) is 10.4. The lowest BCUT2D eigenvalue weighted by Gasteiger charge is -2.08. The number of hydrogen-bond donors (Lipinski definition) is 1. The third-order valence-electron chi connectivity index (χ3n) is 4.01. The first-order valence-electron chi connectivity index (χ1n) is 7.20. The average molecular weight is 276 g/mol. The second-order valence-electron chi connectivity index (χ2n) is 5.70. The Bertz CT molecular complexity index is 837. The van der Waals surface area contributed by atoms with Gasteiger partial charge in [0.15, 0.2) is 0 Å². The highest BCUT2D eigenvalue weighted by atomic mass is 14.9. The Labute approximate surface area is 123 Å². The lowest BCUT2D eigenvalue weighted by Crippen LogP contribution is -1.94. The van der Waals surface area contributed by atoms with Crippen LogP contribution in [-0.2, 0) is 0 Å². The van der Waals surface area contributed by atoms with Crippen LogP contribution in [0.15, 0.2) is 36.7 Å². The summed E-state index contributed by atoms with van der Waals surface area (Å²) in [6.07, 6.45) is 4.03. The number of fused-ring (bicyclic) bond motifs is 1. The van der Waals surface area contributed by atoms with Gasteiger partial charge in [-0.15, -0.1) is 0 Å². The molecule has 4 nitrogen and oxygen atoms in total. The van der Waals surface area contributed by atoms with E-state index in [4.69, 9.17) is 10.7 Å². The summed E-state index contributed by atoms with van der Waals surface area (Å²) in [5.41, 5.74) is 11.1. The Kier molecular flexibility index (Phi) is 2.64. The molecule has 0 unspecified atom stereocenters. The van der Waals surface area contributed by atoms with E-state index in [1.807, 2.05) is 0 Å². The molecule has 2 N–H and O–H groups in total. The minimum absolute atomic E-state index is 0.484. The van der Waals surface area contributed by atoms with Gasteiger partial charge in [0.05, 0.1) is 11.2 Å². The maximum absolute atomic E-state index is 5.75. The van der Waals surface area contributed by atoms with Crippen molar-refractivity contribution in [3.63, 3.8) is 0 Å². The molecule has 1 aliphatic rings. The zero-order valence-corrected chi connectivity index (χ0v) is 11.9. The van der Waals surface area contributed by atoms with Gasteiger partial charge < -0.3 is 5.73 Å². The molecule has 0 aliphatic heterocycles. The van der Waals surface area contributed by atoms with E-state index in [9.17, 15) is 0 Å². The highest BCUT2D eigenvalue weighted by Crippen LogP contribution is 2.39. The molecule has 0 spiro atoms. The van der Waals surface area contributed by atoms with Gasteiger partial charge in [-0.25, -0.2) is 9.97 Å². The van der Waals surface area contributed by atoms with E-state index in [-0.39, 0.29) is 0 Å². The maximum atomic E-state index is 5.75. The van der Waals surface area contributed by atoms with Gasteiger partial charge in [0.25, 0.3) is 0 Å². The summed E-state index contributed by atoms with van der Waals surface area (Å²) >= 11 is 0. The van der Waals surface area contributed by atoms with Crippen molar-refractivity contribution in [1.82, 2.24) is 15.0 Å². The van der Waals surface area contributed by atoms with Gasteiger partial charge in [-0.2, -0.15) is 0 Å². The van der Waals surface area contributed by atoms with Gasteiger partial charge in [-0.1, -0.05) is 6.07 Å². The van der Waals surface area contributed by atoms with Crippen molar-refractivity contribution < 1.29 is 0 Å². The topological polar surface area (TPSA) is 64.7 Å². The van der Waals surface area contributed by atoms with Gasteiger partial charge in [0.2, 0.25) is 0 Å². The fourth-order valence-electron chi connectivity index (χ4n) is 2.72. The molecule has 21 heavy (non-hydrogen) atoms. The molecule has 1 saturated carbocycles. The second kappa shape index (κ2) is 4.52. The van der Waals surface area contributed by atoms with Gasteiger partial charge in [0.1, 0.15) is 12.1 Å². The third-order valence-corrected chi connectivity index (χ3v) is 4.01. The molecule has 4 heteroatoms. The fraction of sp³-hybridized carbons (Fsp3) is 0.235. The van der Waals surface area contributed by atoms with Crippen LogP contribution in [-0.4, -0.2) is 15.0 Å². The first kappa shape index (κ1) is 12.3. The third kappa shape index (κ3) is 2.23. The normalized spacial score (nSPS) is 14.5. The van der Waals surface area contributed by atoms with Crippen LogP contribution in [0.25, 0.3) is 22.2 Å². The number of nitrogens with two attached hydrogens (primary N) is 1. The molecular formula is C17H16N4.